The quantitative estimate of drug-likeness (QED) is 0.615. The molecule has 0 atom stereocenters. The molecule has 1 fully saturated rings. The van der Waals surface area contributed by atoms with Crippen LogP contribution in [0.4, 0.5) is 0 Å². The van der Waals surface area contributed by atoms with Gasteiger partial charge in [0.25, 0.3) is 0 Å². The second-order valence-electron chi connectivity index (χ2n) is 3.31. The summed E-state index contributed by atoms with van der Waals surface area (Å²) < 4.78 is 0. The van der Waals surface area contributed by atoms with E-state index in [-0.39, 0.29) is 18.3 Å². The lowest BCUT2D eigenvalue weighted by Crippen LogP contribution is -2.17. The van der Waals surface area contributed by atoms with Crippen molar-refractivity contribution in [3.63, 3.8) is 0 Å². The highest BCUT2D eigenvalue weighted by Crippen LogP contribution is 2.23. The summed E-state index contributed by atoms with van der Waals surface area (Å²) in [6.45, 7) is -0.259. The van der Waals surface area contributed by atoms with Crippen molar-refractivity contribution in [2.75, 3.05) is 6.61 Å². The van der Waals surface area contributed by atoms with E-state index in [4.69, 9.17) is 5.11 Å². The van der Waals surface area contributed by atoms with Gasteiger partial charge < -0.3 is 5.11 Å². The van der Waals surface area contributed by atoms with Crippen molar-refractivity contribution in [1.82, 2.24) is 0 Å². The molecule has 0 unspecified atom stereocenters. The van der Waals surface area contributed by atoms with Crippen molar-refractivity contribution < 1.29 is 9.90 Å². The maximum absolute atomic E-state index is 11.1. The Hall–Kier alpha value is -0.370. The maximum atomic E-state index is 11.1. The Labute approximate surface area is 67.6 Å². The number of ketones is 1. The molecule has 1 saturated carbocycles. The predicted octanol–water partition coefficient (Wildman–Crippen LogP) is 1.52. The van der Waals surface area contributed by atoms with E-state index in [0.717, 1.165) is 25.7 Å². The van der Waals surface area contributed by atoms with Gasteiger partial charge in [0.2, 0.25) is 0 Å². The highest BCUT2D eigenvalue weighted by molar-refractivity contribution is 5.81. The Morgan fingerprint density at radius 3 is 2.18 bits per heavy atom. The zero-order valence-corrected chi connectivity index (χ0v) is 6.88. The van der Waals surface area contributed by atoms with Crippen molar-refractivity contribution in [3.05, 3.63) is 0 Å². The number of hydrogen-bond donors (Lipinski definition) is 1. The number of carbonyl (C=O) groups excluding carboxylic acids is 1. The van der Waals surface area contributed by atoms with E-state index >= 15 is 0 Å². The van der Waals surface area contributed by atoms with Crippen molar-refractivity contribution >= 4 is 5.78 Å². The summed E-state index contributed by atoms with van der Waals surface area (Å²) in [5, 5.41) is 8.63. The van der Waals surface area contributed by atoms with E-state index in [1.807, 2.05) is 0 Å². The van der Waals surface area contributed by atoms with E-state index in [0.29, 0.717) is 0 Å². The summed E-state index contributed by atoms with van der Waals surface area (Å²) in [7, 11) is 0. The molecule has 0 aliphatic heterocycles. The van der Waals surface area contributed by atoms with Crippen LogP contribution < -0.4 is 0 Å². The Balaban J connectivity index is 2.36. The van der Waals surface area contributed by atoms with Gasteiger partial charge in [0.05, 0.1) is 0 Å². The number of carbonyl (C=O) groups is 1. The van der Waals surface area contributed by atoms with E-state index in [1.54, 1.807) is 0 Å². The zero-order chi connectivity index (χ0) is 8.10. The normalized spacial score (nSPS) is 21.2. The van der Waals surface area contributed by atoms with E-state index in [9.17, 15) is 4.79 Å². The third kappa shape index (κ3) is 2.62. The van der Waals surface area contributed by atoms with E-state index in [1.165, 1.54) is 12.8 Å². The van der Waals surface area contributed by atoms with Crippen LogP contribution in [0.3, 0.4) is 0 Å². The molecule has 1 N–H and O–H groups in total. The molecular weight excluding hydrogens is 140 g/mol. The molecule has 0 aromatic carbocycles. The average molecular weight is 156 g/mol. The third-order valence-corrected chi connectivity index (χ3v) is 2.47. The Morgan fingerprint density at radius 2 is 1.73 bits per heavy atom. The number of Topliss-reactive ketones (excluding diaryl/α,β-unsaturated/α-hetero) is 1. The molecule has 0 radical (unpaired) electrons. The second-order valence-corrected chi connectivity index (χ2v) is 3.31. The summed E-state index contributed by atoms with van der Waals surface area (Å²) in [5.74, 6) is 0.217. The molecule has 0 saturated heterocycles. The van der Waals surface area contributed by atoms with E-state index < -0.39 is 0 Å². The van der Waals surface area contributed by atoms with Crippen LogP contribution in [0.15, 0.2) is 0 Å². The van der Waals surface area contributed by atoms with E-state index in [2.05, 4.69) is 0 Å². The highest BCUT2D eigenvalue weighted by atomic mass is 16.3. The largest absolute Gasteiger partial charge is 0.389 e. The average Bonchev–Trinajstić information content (AvgIpc) is 2.30. The van der Waals surface area contributed by atoms with Crippen LogP contribution in [-0.2, 0) is 4.79 Å². The van der Waals surface area contributed by atoms with Crippen LogP contribution in [0.25, 0.3) is 0 Å². The first kappa shape index (κ1) is 8.72. The lowest BCUT2D eigenvalue weighted by atomic mass is 9.96. The SMILES string of the molecule is O=C(CO)C1CCCCCC1. The molecule has 1 aliphatic rings. The van der Waals surface area contributed by atoms with Gasteiger partial charge in [-0.3, -0.25) is 4.79 Å². The molecule has 64 valence electrons. The summed E-state index contributed by atoms with van der Waals surface area (Å²) in [5.41, 5.74) is 0. The molecule has 11 heavy (non-hydrogen) atoms. The minimum absolute atomic E-state index is 0.0481. The first-order valence-corrected chi connectivity index (χ1v) is 4.48. The molecule has 0 heterocycles. The second kappa shape index (κ2) is 4.50. The fraction of sp³-hybridized carbons (Fsp3) is 0.889. The number of aliphatic hydroxyl groups is 1. The van der Waals surface area contributed by atoms with Crippen LogP contribution in [0, 0.1) is 5.92 Å². The predicted molar refractivity (Wildman–Crippen MR) is 43.3 cm³/mol. The van der Waals surface area contributed by atoms with Gasteiger partial charge in [-0.25, -0.2) is 0 Å². The molecule has 1 rings (SSSR count). The van der Waals surface area contributed by atoms with Crippen LogP contribution in [0.2, 0.25) is 0 Å². The summed E-state index contributed by atoms with van der Waals surface area (Å²) >= 11 is 0. The van der Waals surface area contributed by atoms with Crippen molar-refractivity contribution in [2.45, 2.75) is 38.5 Å². The van der Waals surface area contributed by atoms with Gasteiger partial charge in [-0.15, -0.1) is 0 Å². The molecule has 0 aromatic rings. The molecule has 2 heteroatoms. The smallest absolute Gasteiger partial charge is 0.161 e. The monoisotopic (exact) mass is 156 g/mol. The molecule has 0 spiro atoms. The minimum atomic E-state index is -0.259. The Kier molecular flexibility index (Phi) is 3.57. The van der Waals surface area contributed by atoms with Gasteiger partial charge in [0, 0.05) is 5.92 Å². The van der Waals surface area contributed by atoms with Crippen LogP contribution >= 0.6 is 0 Å². The van der Waals surface area contributed by atoms with Gasteiger partial charge in [-0.1, -0.05) is 25.7 Å². The minimum Gasteiger partial charge on any atom is -0.389 e. The van der Waals surface area contributed by atoms with Crippen LogP contribution in [-0.4, -0.2) is 17.5 Å². The first-order chi connectivity index (χ1) is 5.34. The van der Waals surface area contributed by atoms with Crippen LogP contribution in [0.5, 0.6) is 0 Å². The van der Waals surface area contributed by atoms with Crippen molar-refractivity contribution in [1.29, 1.82) is 0 Å². The van der Waals surface area contributed by atoms with Gasteiger partial charge in [-0.2, -0.15) is 0 Å². The summed E-state index contributed by atoms with van der Waals surface area (Å²) in [6, 6.07) is 0. The fourth-order valence-electron chi connectivity index (χ4n) is 1.73. The van der Waals surface area contributed by atoms with Gasteiger partial charge >= 0.3 is 0 Å². The molecule has 1 aliphatic carbocycles. The number of rotatable bonds is 2. The van der Waals surface area contributed by atoms with Gasteiger partial charge in [0.15, 0.2) is 5.78 Å². The Morgan fingerprint density at radius 1 is 1.18 bits per heavy atom. The fourth-order valence-corrected chi connectivity index (χ4v) is 1.73. The number of aliphatic hydroxyl groups excluding tert-OH is 1. The highest BCUT2D eigenvalue weighted by Gasteiger charge is 2.18. The van der Waals surface area contributed by atoms with Crippen molar-refractivity contribution in [3.8, 4) is 0 Å². The molecule has 2 nitrogen and oxygen atoms in total. The molecular formula is C9H16O2. The van der Waals surface area contributed by atoms with Crippen LogP contribution in [0.1, 0.15) is 38.5 Å². The standard InChI is InChI=1S/C9H16O2/c10-7-9(11)8-5-3-1-2-4-6-8/h8,10H,1-7H2. The summed E-state index contributed by atoms with van der Waals surface area (Å²) in [4.78, 5) is 11.1. The lowest BCUT2D eigenvalue weighted by Gasteiger charge is -2.09. The molecule has 0 aromatic heterocycles. The first-order valence-electron chi connectivity index (χ1n) is 4.48. The van der Waals surface area contributed by atoms with Crippen molar-refractivity contribution in [2.24, 2.45) is 5.92 Å². The summed E-state index contributed by atoms with van der Waals surface area (Å²) in [6.07, 6.45) is 6.84. The molecule has 0 bridgehead atoms. The lowest BCUT2D eigenvalue weighted by molar-refractivity contribution is -0.126. The van der Waals surface area contributed by atoms with Gasteiger partial charge in [0.1, 0.15) is 6.61 Å². The topological polar surface area (TPSA) is 37.3 Å². The zero-order valence-electron chi connectivity index (χ0n) is 6.88. The van der Waals surface area contributed by atoms with Gasteiger partial charge in [-0.05, 0) is 12.8 Å². The number of hydrogen-bond acceptors (Lipinski definition) is 2. The maximum Gasteiger partial charge on any atom is 0.161 e. The molecule has 0 amide bonds. The Bertz CT molecular complexity index is 124. The third-order valence-electron chi connectivity index (χ3n) is 2.47.